The maximum atomic E-state index is 13.5. The largest absolute Gasteiger partial charge is 0.492 e. The molecule has 0 radical (unpaired) electrons. The number of methoxy groups -OCH3 is 1. The van der Waals surface area contributed by atoms with Crippen LogP contribution in [0.4, 0.5) is 10.1 Å². The predicted molar refractivity (Wildman–Crippen MR) is 70.5 cm³/mol. The summed E-state index contributed by atoms with van der Waals surface area (Å²) in [6.45, 7) is -0.436. The Balaban J connectivity index is 2.99. The number of halogens is 1. The molecule has 0 saturated carbocycles. The number of rotatable bonds is 6. The summed E-state index contributed by atoms with van der Waals surface area (Å²) in [7, 11) is -6.71. The first-order valence-corrected chi connectivity index (χ1v) is 8.40. The molecule has 8 nitrogen and oxygen atoms in total. The van der Waals surface area contributed by atoms with Crippen molar-refractivity contribution in [2.75, 3.05) is 25.1 Å². The highest BCUT2D eigenvalue weighted by atomic mass is 32.2. The minimum atomic E-state index is -4.10. The zero-order valence-electron chi connectivity index (χ0n) is 10.5. The minimum Gasteiger partial charge on any atom is -0.492 e. The summed E-state index contributed by atoms with van der Waals surface area (Å²) in [4.78, 5) is -0.442. The first-order valence-electron chi connectivity index (χ1n) is 5.20. The lowest BCUT2D eigenvalue weighted by atomic mass is 10.3. The number of hydrogen-bond acceptors (Lipinski definition) is 6. The lowest BCUT2D eigenvalue weighted by molar-refractivity contribution is 0.388. The van der Waals surface area contributed by atoms with Crippen LogP contribution in [0.3, 0.4) is 0 Å². The van der Waals surface area contributed by atoms with Gasteiger partial charge in [-0.05, 0) is 12.1 Å². The van der Waals surface area contributed by atoms with Gasteiger partial charge in [-0.1, -0.05) is 0 Å². The number of primary sulfonamides is 1. The zero-order chi connectivity index (χ0) is 15.6. The molecular weight excluding hydrogens is 313 g/mol. The topological polar surface area (TPSA) is 142 Å². The van der Waals surface area contributed by atoms with Gasteiger partial charge in [-0.3, -0.25) is 0 Å². The van der Waals surface area contributed by atoms with E-state index in [9.17, 15) is 21.2 Å². The Kier molecular flexibility index (Phi) is 4.91. The molecule has 0 amide bonds. The fraction of sp³-hybridized carbons (Fsp3) is 0.333. The quantitative estimate of drug-likeness (QED) is 0.571. The van der Waals surface area contributed by atoms with Gasteiger partial charge in [-0.25, -0.2) is 31.1 Å². The molecule has 20 heavy (non-hydrogen) atoms. The highest BCUT2D eigenvalue weighted by molar-refractivity contribution is 7.90. The van der Waals surface area contributed by atoms with Crippen LogP contribution in [0.15, 0.2) is 17.0 Å². The number of hydrogen-bond donors (Lipinski definition) is 3. The molecule has 0 bridgehead atoms. The van der Waals surface area contributed by atoms with E-state index in [1.807, 2.05) is 4.72 Å². The second kappa shape index (κ2) is 5.91. The number of nitrogen functional groups attached to an aromatic ring is 1. The molecule has 1 rings (SSSR count). The van der Waals surface area contributed by atoms with Crippen molar-refractivity contribution < 1.29 is 26.0 Å². The Labute approximate surface area is 116 Å². The Bertz CT molecular complexity index is 679. The van der Waals surface area contributed by atoms with Crippen molar-refractivity contribution in [1.29, 1.82) is 0 Å². The third-order valence-corrected chi connectivity index (χ3v) is 4.45. The first kappa shape index (κ1) is 16.6. The fourth-order valence-corrected chi connectivity index (χ4v) is 2.95. The average molecular weight is 327 g/mol. The molecule has 0 spiro atoms. The van der Waals surface area contributed by atoms with Crippen molar-refractivity contribution in [2.45, 2.75) is 4.90 Å². The number of benzene rings is 1. The molecule has 11 heteroatoms. The molecule has 114 valence electrons. The van der Waals surface area contributed by atoms with Crippen LogP contribution in [-0.2, 0) is 20.0 Å². The molecule has 0 atom stereocenters. The van der Waals surface area contributed by atoms with E-state index in [4.69, 9.17) is 10.9 Å². The number of ether oxygens (including phenoxy) is 1. The van der Waals surface area contributed by atoms with Crippen LogP contribution >= 0.6 is 0 Å². The summed E-state index contributed by atoms with van der Waals surface area (Å²) in [6, 6.07) is 1.72. The van der Waals surface area contributed by atoms with Crippen molar-refractivity contribution in [3.8, 4) is 5.75 Å². The summed E-state index contributed by atoms with van der Waals surface area (Å²) < 4.78 is 65.2. The van der Waals surface area contributed by atoms with Crippen LogP contribution in [0.5, 0.6) is 5.75 Å². The second-order valence-corrected chi connectivity index (χ2v) is 7.29. The Morgan fingerprint density at radius 2 is 1.90 bits per heavy atom. The third-order valence-electron chi connectivity index (χ3n) is 2.24. The van der Waals surface area contributed by atoms with Gasteiger partial charge in [-0.15, -0.1) is 0 Å². The SMILES string of the molecule is COc1c(N)cc(S(=O)(=O)NCCS(N)(=O)=O)cc1F. The number of nitrogens with two attached hydrogens (primary N) is 2. The number of sulfonamides is 2. The molecule has 0 aliphatic carbocycles. The summed E-state index contributed by atoms with van der Waals surface area (Å²) in [6.07, 6.45) is 0. The van der Waals surface area contributed by atoms with E-state index in [1.54, 1.807) is 0 Å². The normalized spacial score (nSPS) is 12.3. The van der Waals surface area contributed by atoms with E-state index in [1.165, 1.54) is 7.11 Å². The van der Waals surface area contributed by atoms with Gasteiger partial charge in [0.2, 0.25) is 20.0 Å². The van der Waals surface area contributed by atoms with Crippen molar-refractivity contribution >= 4 is 25.7 Å². The predicted octanol–water partition coefficient (Wildman–Crippen LogP) is -1.02. The molecule has 0 aliphatic heterocycles. The molecule has 0 aliphatic rings. The van der Waals surface area contributed by atoms with Crippen molar-refractivity contribution in [1.82, 2.24) is 4.72 Å². The lowest BCUT2D eigenvalue weighted by Gasteiger charge is -2.10. The second-order valence-electron chi connectivity index (χ2n) is 3.79. The van der Waals surface area contributed by atoms with E-state index in [2.05, 4.69) is 4.74 Å². The maximum absolute atomic E-state index is 13.5. The minimum absolute atomic E-state index is 0.195. The molecule has 1 aromatic rings. The van der Waals surface area contributed by atoms with E-state index >= 15 is 0 Å². The smallest absolute Gasteiger partial charge is 0.240 e. The summed E-state index contributed by atoms with van der Waals surface area (Å²) in [5, 5.41) is 4.73. The van der Waals surface area contributed by atoms with Gasteiger partial charge < -0.3 is 10.5 Å². The van der Waals surface area contributed by atoms with Gasteiger partial charge >= 0.3 is 0 Å². The molecule has 0 saturated heterocycles. The van der Waals surface area contributed by atoms with Gasteiger partial charge in [0.05, 0.1) is 23.4 Å². The fourth-order valence-electron chi connectivity index (χ4n) is 1.36. The van der Waals surface area contributed by atoms with E-state index < -0.39 is 43.1 Å². The highest BCUT2D eigenvalue weighted by Crippen LogP contribution is 2.28. The van der Waals surface area contributed by atoms with Crippen LogP contribution in [-0.4, -0.2) is 36.2 Å². The Hall–Kier alpha value is -1.43. The number of nitrogens with one attached hydrogen (secondary N) is 1. The van der Waals surface area contributed by atoms with E-state index in [0.29, 0.717) is 6.07 Å². The van der Waals surface area contributed by atoms with Gasteiger partial charge in [0, 0.05) is 6.54 Å². The van der Waals surface area contributed by atoms with Crippen molar-refractivity contribution in [3.63, 3.8) is 0 Å². The zero-order valence-corrected chi connectivity index (χ0v) is 12.1. The lowest BCUT2D eigenvalue weighted by Crippen LogP contribution is -2.31. The summed E-state index contributed by atoms with van der Waals surface area (Å²) >= 11 is 0. The molecule has 1 aromatic carbocycles. The van der Waals surface area contributed by atoms with Crippen LogP contribution in [0.2, 0.25) is 0 Å². The van der Waals surface area contributed by atoms with Crippen LogP contribution in [0, 0.1) is 5.82 Å². The summed E-state index contributed by atoms with van der Waals surface area (Å²) in [5.41, 5.74) is 5.26. The van der Waals surface area contributed by atoms with Crippen LogP contribution in [0.25, 0.3) is 0 Å². The Morgan fingerprint density at radius 3 is 2.35 bits per heavy atom. The van der Waals surface area contributed by atoms with Gasteiger partial charge in [0.15, 0.2) is 11.6 Å². The Morgan fingerprint density at radius 1 is 1.30 bits per heavy atom. The molecule has 5 N–H and O–H groups in total. The van der Waals surface area contributed by atoms with E-state index in [0.717, 1.165) is 6.07 Å². The summed E-state index contributed by atoms with van der Waals surface area (Å²) in [5.74, 6) is -1.80. The monoisotopic (exact) mass is 327 g/mol. The molecule has 0 unspecified atom stereocenters. The maximum Gasteiger partial charge on any atom is 0.240 e. The standard InChI is InChI=1S/C9H14FN3O5S2/c1-18-9-7(10)4-6(5-8(9)11)20(16,17)13-2-3-19(12,14)15/h4-5,13H,2-3,11H2,1H3,(H2,12,14,15). The van der Waals surface area contributed by atoms with Gasteiger partial charge in [-0.2, -0.15) is 0 Å². The average Bonchev–Trinajstić information content (AvgIpc) is 2.26. The van der Waals surface area contributed by atoms with Crippen molar-refractivity contribution in [3.05, 3.63) is 17.9 Å². The molecule has 0 aromatic heterocycles. The third kappa shape index (κ3) is 4.30. The van der Waals surface area contributed by atoms with Crippen molar-refractivity contribution in [2.24, 2.45) is 5.14 Å². The van der Waals surface area contributed by atoms with Gasteiger partial charge in [0.25, 0.3) is 0 Å². The number of anilines is 1. The van der Waals surface area contributed by atoms with Crippen LogP contribution < -0.4 is 20.3 Å². The van der Waals surface area contributed by atoms with E-state index in [-0.39, 0.29) is 11.4 Å². The molecule has 0 fully saturated rings. The first-order chi connectivity index (χ1) is 9.07. The van der Waals surface area contributed by atoms with Crippen LogP contribution in [0.1, 0.15) is 0 Å². The molecular formula is C9H14FN3O5S2. The highest BCUT2D eigenvalue weighted by Gasteiger charge is 2.19. The molecule has 0 heterocycles. The van der Waals surface area contributed by atoms with Gasteiger partial charge in [0.1, 0.15) is 0 Å².